The van der Waals surface area contributed by atoms with Crippen LogP contribution < -0.4 is 15.0 Å². The fraction of sp³-hybridized carbons (Fsp3) is 0.565. The molecule has 0 bridgehead atoms. The van der Waals surface area contributed by atoms with Crippen molar-refractivity contribution >= 4 is 29.2 Å². The molecule has 1 saturated carbocycles. The lowest BCUT2D eigenvalue weighted by Crippen LogP contribution is -2.33. The quantitative estimate of drug-likeness (QED) is 0.577. The van der Waals surface area contributed by atoms with Gasteiger partial charge in [-0.1, -0.05) is 32.1 Å². The molecule has 2 aliphatic rings. The number of anilines is 3. The van der Waals surface area contributed by atoms with Crippen LogP contribution in [0.5, 0.6) is 5.75 Å². The van der Waals surface area contributed by atoms with Crippen LogP contribution in [0.25, 0.3) is 0 Å². The molecule has 2 aromatic rings. The molecule has 0 atom stereocenters. The summed E-state index contributed by atoms with van der Waals surface area (Å²) in [5.74, 6) is 5.82. The van der Waals surface area contributed by atoms with Gasteiger partial charge < -0.3 is 15.0 Å². The Labute approximate surface area is 178 Å². The zero-order valence-corrected chi connectivity index (χ0v) is 18.0. The summed E-state index contributed by atoms with van der Waals surface area (Å²) in [6, 6.07) is 10.1. The molecular weight excluding hydrogens is 380 g/mol. The summed E-state index contributed by atoms with van der Waals surface area (Å²) < 4.78 is 5.93. The molecule has 1 aromatic heterocycles. The number of hydrogen-bond acceptors (Lipinski definition) is 6. The first kappa shape index (κ1) is 20.3. The molecule has 29 heavy (non-hydrogen) atoms. The second-order valence-corrected chi connectivity index (χ2v) is 9.21. The number of nitrogens with zero attached hydrogens (tertiary/aromatic N) is 3. The minimum Gasteiger partial charge on any atom is -0.494 e. The Morgan fingerprint density at radius 1 is 1.03 bits per heavy atom. The SMILES string of the molecule is c1cc(N2CCSCC2)nc(Nc2ccc(OCCCC3CCCCC3)cc2)n1. The molecule has 1 aliphatic carbocycles. The van der Waals surface area contributed by atoms with Crippen LogP contribution in [0.1, 0.15) is 44.9 Å². The Bertz CT molecular complexity index is 743. The first-order valence-electron chi connectivity index (χ1n) is 11.0. The van der Waals surface area contributed by atoms with E-state index in [1.807, 2.05) is 48.3 Å². The van der Waals surface area contributed by atoms with Crippen molar-refractivity contribution in [2.45, 2.75) is 44.9 Å². The maximum Gasteiger partial charge on any atom is 0.229 e. The van der Waals surface area contributed by atoms with E-state index in [9.17, 15) is 0 Å². The van der Waals surface area contributed by atoms with Crippen molar-refractivity contribution in [1.29, 1.82) is 0 Å². The molecule has 0 radical (unpaired) electrons. The molecule has 6 heteroatoms. The molecule has 5 nitrogen and oxygen atoms in total. The molecule has 0 spiro atoms. The van der Waals surface area contributed by atoms with E-state index in [0.29, 0.717) is 5.95 Å². The Kier molecular flexibility index (Phi) is 7.51. The predicted octanol–water partition coefficient (Wildman–Crippen LogP) is 5.51. The van der Waals surface area contributed by atoms with E-state index in [4.69, 9.17) is 4.74 Å². The highest BCUT2D eigenvalue weighted by Crippen LogP contribution is 2.27. The zero-order valence-electron chi connectivity index (χ0n) is 17.2. The maximum absolute atomic E-state index is 5.93. The number of benzene rings is 1. The lowest BCUT2D eigenvalue weighted by atomic mass is 9.86. The van der Waals surface area contributed by atoms with Crippen molar-refractivity contribution in [2.75, 3.05) is 41.4 Å². The Hall–Kier alpha value is -1.95. The summed E-state index contributed by atoms with van der Waals surface area (Å²) >= 11 is 2.00. The predicted molar refractivity (Wildman–Crippen MR) is 123 cm³/mol. The van der Waals surface area contributed by atoms with Crippen molar-refractivity contribution in [3.8, 4) is 5.75 Å². The second-order valence-electron chi connectivity index (χ2n) is 7.98. The van der Waals surface area contributed by atoms with Gasteiger partial charge in [0.1, 0.15) is 11.6 Å². The lowest BCUT2D eigenvalue weighted by molar-refractivity contribution is 0.269. The van der Waals surface area contributed by atoms with Gasteiger partial charge in [0, 0.05) is 36.5 Å². The van der Waals surface area contributed by atoms with Gasteiger partial charge in [0.15, 0.2) is 0 Å². The number of ether oxygens (including phenoxy) is 1. The van der Waals surface area contributed by atoms with Crippen LogP contribution in [-0.2, 0) is 0 Å². The standard InChI is InChI=1S/C23H32N4OS/c1-2-5-19(6-3-1)7-4-16-28-21-10-8-20(9-11-21)25-23-24-13-12-22(26-23)27-14-17-29-18-15-27/h8-13,19H,1-7,14-18H2,(H,24,25,26). The Morgan fingerprint density at radius 3 is 2.62 bits per heavy atom. The van der Waals surface area contributed by atoms with Crippen LogP contribution in [0.3, 0.4) is 0 Å². The zero-order chi connectivity index (χ0) is 19.7. The number of hydrogen-bond donors (Lipinski definition) is 1. The van der Waals surface area contributed by atoms with Crippen LogP contribution in [0, 0.1) is 5.92 Å². The summed E-state index contributed by atoms with van der Waals surface area (Å²) in [5, 5.41) is 3.31. The van der Waals surface area contributed by atoms with E-state index in [1.54, 1.807) is 0 Å². The summed E-state index contributed by atoms with van der Waals surface area (Å²) in [6.45, 7) is 2.91. The van der Waals surface area contributed by atoms with Gasteiger partial charge in [0.05, 0.1) is 6.61 Å². The smallest absolute Gasteiger partial charge is 0.229 e. The third kappa shape index (κ3) is 6.26. The van der Waals surface area contributed by atoms with Gasteiger partial charge in [-0.05, 0) is 49.1 Å². The first-order valence-corrected chi connectivity index (χ1v) is 12.2. The molecule has 0 amide bonds. The minimum atomic E-state index is 0.641. The number of nitrogens with one attached hydrogen (secondary N) is 1. The van der Waals surface area contributed by atoms with Gasteiger partial charge in [0.2, 0.25) is 5.95 Å². The molecule has 4 rings (SSSR count). The number of thioether (sulfide) groups is 1. The van der Waals surface area contributed by atoms with Gasteiger partial charge in [-0.3, -0.25) is 0 Å². The highest BCUT2D eigenvalue weighted by atomic mass is 32.2. The second kappa shape index (κ2) is 10.7. The van der Waals surface area contributed by atoms with Crippen molar-refractivity contribution < 1.29 is 4.74 Å². The highest BCUT2D eigenvalue weighted by Gasteiger charge is 2.14. The van der Waals surface area contributed by atoms with E-state index in [-0.39, 0.29) is 0 Å². The van der Waals surface area contributed by atoms with E-state index in [1.165, 1.54) is 38.5 Å². The maximum atomic E-state index is 5.93. The van der Waals surface area contributed by atoms with Crippen LogP contribution in [0.15, 0.2) is 36.5 Å². The summed E-state index contributed by atoms with van der Waals surface area (Å²) in [7, 11) is 0. The van der Waals surface area contributed by atoms with Gasteiger partial charge in [-0.15, -0.1) is 0 Å². The molecule has 2 fully saturated rings. The average Bonchev–Trinajstić information content (AvgIpc) is 2.79. The van der Waals surface area contributed by atoms with Crippen LogP contribution in [-0.4, -0.2) is 41.2 Å². The summed E-state index contributed by atoms with van der Waals surface area (Å²) in [5.41, 5.74) is 0.978. The van der Waals surface area contributed by atoms with E-state index >= 15 is 0 Å². The molecular formula is C23H32N4OS. The van der Waals surface area contributed by atoms with Crippen molar-refractivity contribution in [1.82, 2.24) is 9.97 Å². The van der Waals surface area contributed by atoms with Crippen LogP contribution in [0.2, 0.25) is 0 Å². The van der Waals surface area contributed by atoms with Crippen LogP contribution in [0.4, 0.5) is 17.5 Å². The van der Waals surface area contributed by atoms with Crippen molar-refractivity contribution in [2.24, 2.45) is 5.92 Å². The Balaban J connectivity index is 1.24. The van der Waals surface area contributed by atoms with E-state index < -0.39 is 0 Å². The van der Waals surface area contributed by atoms with Crippen LogP contribution >= 0.6 is 11.8 Å². The number of rotatable bonds is 8. The molecule has 0 unspecified atom stereocenters. The fourth-order valence-electron chi connectivity index (χ4n) is 4.18. The fourth-order valence-corrected chi connectivity index (χ4v) is 5.08. The third-order valence-corrected chi connectivity index (χ3v) is 6.78. The first-order chi connectivity index (χ1) is 14.4. The number of aromatic nitrogens is 2. The lowest BCUT2D eigenvalue weighted by Gasteiger charge is -2.27. The average molecular weight is 413 g/mol. The minimum absolute atomic E-state index is 0.641. The van der Waals surface area contributed by atoms with Crippen molar-refractivity contribution in [3.05, 3.63) is 36.5 Å². The van der Waals surface area contributed by atoms with Gasteiger partial charge in [0.25, 0.3) is 0 Å². The van der Waals surface area contributed by atoms with Gasteiger partial charge in [-0.2, -0.15) is 16.7 Å². The monoisotopic (exact) mass is 412 g/mol. The van der Waals surface area contributed by atoms with E-state index in [0.717, 1.165) is 60.8 Å². The third-order valence-electron chi connectivity index (χ3n) is 5.84. The van der Waals surface area contributed by atoms with Crippen molar-refractivity contribution in [3.63, 3.8) is 0 Å². The summed E-state index contributed by atoms with van der Waals surface area (Å²) in [4.78, 5) is 11.4. The largest absolute Gasteiger partial charge is 0.494 e. The molecule has 156 valence electrons. The van der Waals surface area contributed by atoms with Gasteiger partial charge in [-0.25, -0.2) is 4.98 Å². The molecule has 1 N–H and O–H groups in total. The summed E-state index contributed by atoms with van der Waals surface area (Å²) in [6.07, 6.45) is 11.4. The normalized spacial score (nSPS) is 17.9. The molecule has 1 aromatic carbocycles. The molecule has 1 aliphatic heterocycles. The topological polar surface area (TPSA) is 50.3 Å². The van der Waals surface area contributed by atoms with Gasteiger partial charge >= 0.3 is 0 Å². The van der Waals surface area contributed by atoms with E-state index in [2.05, 4.69) is 20.2 Å². The highest BCUT2D eigenvalue weighted by molar-refractivity contribution is 7.99. The Morgan fingerprint density at radius 2 is 1.83 bits per heavy atom. The molecule has 1 saturated heterocycles. The molecule has 2 heterocycles.